The standard InChI is InChI=1S/C22H17BrN4O3/c1-11-14(6-13-4-5-18(17(23)7-13)30-10-19(28)29-3)20-12(2)16(9-25)22(26)27-21(20)15(11)8-24/h4-7H,10H2,1-3H3,(H2,26,27)/b14-6+. The molecular formula is C22H17BrN4O3. The predicted octanol–water partition coefficient (Wildman–Crippen LogP) is 4.01. The zero-order chi connectivity index (χ0) is 22.0. The van der Waals surface area contributed by atoms with Gasteiger partial charge in [-0.3, -0.25) is 0 Å². The van der Waals surface area contributed by atoms with E-state index in [4.69, 9.17) is 10.5 Å². The number of halogens is 1. The number of nitrogens with two attached hydrogens (primary N) is 1. The number of fused-ring (bicyclic) bond motifs is 1. The molecule has 0 saturated heterocycles. The number of aromatic nitrogens is 1. The van der Waals surface area contributed by atoms with Gasteiger partial charge in [-0.2, -0.15) is 10.5 Å². The summed E-state index contributed by atoms with van der Waals surface area (Å²) >= 11 is 3.45. The summed E-state index contributed by atoms with van der Waals surface area (Å²) in [6.45, 7) is 3.45. The van der Waals surface area contributed by atoms with Crippen LogP contribution in [0.1, 0.15) is 34.9 Å². The average molecular weight is 465 g/mol. The van der Waals surface area contributed by atoms with E-state index >= 15 is 0 Å². The third kappa shape index (κ3) is 3.66. The smallest absolute Gasteiger partial charge is 0.343 e. The molecule has 3 rings (SSSR count). The number of benzene rings is 1. The highest BCUT2D eigenvalue weighted by Gasteiger charge is 2.29. The summed E-state index contributed by atoms with van der Waals surface area (Å²) in [5.74, 6) is 0.137. The number of nitrogen functional groups attached to an aromatic ring is 1. The van der Waals surface area contributed by atoms with Crippen molar-refractivity contribution in [3.63, 3.8) is 0 Å². The molecule has 2 aromatic rings. The number of ether oxygens (including phenoxy) is 2. The summed E-state index contributed by atoms with van der Waals surface area (Å²) in [4.78, 5) is 15.6. The van der Waals surface area contributed by atoms with Gasteiger partial charge >= 0.3 is 5.97 Å². The fourth-order valence-corrected chi connectivity index (χ4v) is 3.79. The molecular weight excluding hydrogens is 448 g/mol. The summed E-state index contributed by atoms with van der Waals surface area (Å²) < 4.78 is 10.7. The van der Waals surface area contributed by atoms with Gasteiger partial charge in [-0.15, -0.1) is 0 Å². The molecule has 7 nitrogen and oxygen atoms in total. The second-order valence-electron chi connectivity index (χ2n) is 6.56. The molecule has 0 spiro atoms. The van der Waals surface area contributed by atoms with E-state index < -0.39 is 5.97 Å². The Kier molecular flexibility index (Phi) is 5.91. The number of carbonyl (C=O) groups is 1. The molecule has 0 unspecified atom stereocenters. The Morgan fingerprint density at radius 1 is 1.30 bits per heavy atom. The van der Waals surface area contributed by atoms with E-state index in [0.29, 0.717) is 32.6 Å². The van der Waals surface area contributed by atoms with Crippen LogP contribution < -0.4 is 10.5 Å². The van der Waals surface area contributed by atoms with Crippen LogP contribution >= 0.6 is 15.9 Å². The van der Waals surface area contributed by atoms with Gasteiger partial charge in [0.1, 0.15) is 23.7 Å². The molecule has 1 aromatic heterocycles. The van der Waals surface area contributed by atoms with E-state index in [1.54, 1.807) is 13.0 Å². The maximum Gasteiger partial charge on any atom is 0.343 e. The van der Waals surface area contributed by atoms with Crippen molar-refractivity contribution < 1.29 is 14.3 Å². The first-order valence-electron chi connectivity index (χ1n) is 8.85. The number of methoxy groups -OCH3 is 1. The molecule has 1 aliphatic carbocycles. The minimum Gasteiger partial charge on any atom is -0.481 e. The normalized spacial score (nSPS) is 13.6. The van der Waals surface area contributed by atoms with E-state index in [9.17, 15) is 15.3 Å². The quantitative estimate of drug-likeness (QED) is 0.677. The van der Waals surface area contributed by atoms with Crippen molar-refractivity contribution in [2.75, 3.05) is 19.5 Å². The number of pyridine rings is 1. The molecule has 8 heteroatoms. The zero-order valence-electron chi connectivity index (χ0n) is 16.5. The van der Waals surface area contributed by atoms with Crippen LogP contribution in [0.15, 0.2) is 28.2 Å². The molecule has 0 radical (unpaired) electrons. The van der Waals surface area contributed by atoms with Crippen LogP contribution in [0.5, 0.6) is 5.75 Å². The molecule has 1 aliphatic rings. The van der Waals surface area contributed by atoms with Crippen molar-refractivity contribution in [1.82, 2.24) is 4.98 Å². The largest absolute Gasteiger partial charge is 0.481 e. The summed E-state index contributed by atoms with van der Waals surface area (Å²) in [5.41, 5.74) is 11.0. The number of nitrogens with zero attached hydrogens (tertiary/aromatic N) is 3. The molecule has 1 aromatic carbocycles. The number of hydrogen-bond donors (Lipinski definition) is 1. The fraction of sp³-hybridized carbons (Fsp3) is 0.182. The van der Waals surface area contributed by atoms with Gasteiger partial charge in [0.05, 0.1) is 28.4 Å². The summed E-state index contributed by atoms with van der Waals surface area (Å²) in [7, 11) is 1.29. The number of carbonyl (C=O) groups excluding carboxylic acids is 1. The van der Waals surface area contributed by atoms with Crippen molar-refractivity contribution in [2.24, 2.45) is 0 Å². The van der Waals surface area contributed by atoms with Crippen LogP contribution in [0.2, 0.25) is 0 Å². The number of allylic oxidation sites excluding steroid dienone is 3. The Labute approximate surface area is 182 Å². The average Bonchev–Trinajstić information content (AvgIpc) is 2.98. The molecule has 1 heterocycles. The van der Waals surface area contributed by atoms with Gasteiger partial charge < -0.3 is 15.2 Å². The van der Waals surface area contributed by atoms with Crippen LogP contribution in [0.4, 0.5) is 5.82 Å². The van der Waals surface area contributed by atoms with Crippen LogP contribution in [0.25, 0.3) is 17.2 Å². The first-order valence-corrected chi connectivity index (χ1v) is 9.64. The monoisotopic (exact) mass is 464 g/mol. The van der Waals surface area contributed by atoms with Gasteiger partial charge in [0.15, 0.2) is 6.61 Å². The van der Waals surface area contributed by atoms with Crippen molar-refractivity contribution >= 4 is 44.9 Å². The van der Waals surface area contributed by atoms with E-state index in [0.717, 1.165) is 22.3 Å². The molecule has 0 aliphatic heterocycles. The molecule has 2 N–H and O–H groups in total. The molecule has 0 fully saturated rings. The van der Waals surface area contributed by atoms with Gasteiger partial charge in [-0.25, -0.2) is 9.78 Å². The maximum absolute atomic E-state index is 11.3. The SMILES string of the molecule is COC(=O)COc1ccc(/C=C2\C(C)=C(C#N)c3nc(N)c(C#N)c(C)c32)cc1Br. The Hall–Kier alpha value is -3.62. The van der Waals surface area contributed by atoms with Crippen LogP contribution in [0, 0.1) is 29.6 Å². The van der Waals surface area contributed by atoms with Crippen molar-refractivity contribution in [2.45, 2.75) is 13.8 Å². The molecule has 150 valence electrons. The lowest BCUT2D eigenvalue weighted by Gasteiger charge is -2.11. The fourth-order valence-electron chi connectivity index (χ4n) is 3.28. The van der Waals surface area contributed by atoms with Crippen LogP contribution in [0.3, 0.4) is 0 Å². The Balaban J connectivity index is 2.08. The van der Waals surface area contributed by atoms with Gasteiger partial charge in [-0.05, 0) is 70.3 Å². The second kappa shape index (κ2) is 8.40. The Morgan fingerprint density at radius 2 is 2.03 bits per heavy atom. The highest BCUT2D eigenvalue weighted by molar-refractivity contribution is 9.10. The molecule has 30 heavy (non-hydrogen) atoms. The van der Waals surface area contributed by atoms with Crippen molar-refractivity contribution in [3.05, 3.63) is 56.2 Å². The van der Waals surface area contributed by atoms with Gasteiger partial charge in [0.2, 0.25) is 0 Å². The first-order chi connectivity index (χ1) is 14.3. The molecule has 0 amide bonds. The van der Waals surface area contributed by atoms with E-state index in [-0.39, 0.29) is 12.4 Å². The second-order valence-corrected chi connectivity index (χ2v) is 7.41. The highest BCUT2D eigenvalue weighted by Crippen LogP contribution is 2.44. The number of anilines is 1. The van der Waals surface area contributed by atoms with E-state index in [1.165, 1.54) is 7.11 Å². The molecule has 0 atom stereocenters. The topological polar surface area (TPSA) is 122 Å². The number of nitriles is 2. The lowest BCUT2D eigenvalue weighted by Crippen LogP contribution is -2.12. The van der Waals surface area contributed by atoms with Gasteiger partial charge in [0, 0.05) is 5.56 Å². The number of rotatable bonds is 4. The number of hydrogen-bond acceptors (Lipinski definition) is 7. The summed E-state index contributed by atoms with van der Waals surface area (Å²) in [5, 5.41) is 19.1. The summed E-state index contributed by atoms with van der Waals surface area (Å²) in [6, 6.07) is 9.68. The van der Waals surface area contributed by atoms with E-state index in [2.05, 4.69) is 37.8 Å². The third-order valence-corrected chi connectivity index (χ3v) is 5.44. The maximum atomic E-state index is 11.3. The minimum atomic E-state index is -0.476. The van der Waals surface area contributed by atoms with Crippen molar-refractivity contribution in [3.8, 4) is 17.9 Å². The zero-order valence-corrected chi connectivity index (χ0v) is 18.1. The summed E-state index contributed by atoms with van der Waals surface area (Å²) in [6.07, 6.45) is 1.92. The Bertz CT molecular complexity index is 1220. The highest BCUT2D eigenvalue weighted by atomic mass is 79.9. The van der Waals surface area contributed by atoms with E-state index in [1.807, 2.05) is 25.1 Å². The third-order valence-electron chi connectivity index (χ3n) is 4.82. The van der Waals surface area contributed by atoms with Gasteiger partial charge in [-0.1, -0.05) is 6.07 Å². The number of esters is 1. The van der Waals surface area contributed by atoms with Crippen LogP contribution in [-0.4, -0.2) is 24.7 Å². The van der Waals surface area contributed by atoms with Crippen LogP contribution in [-0.2, 0) is 9.53 Å². The lowest BCUT2D eigenvalue weighted by molar-refractivity contribution is -0.142. The molecule has 0 saturated carbocycles. The van der Waals surface area contributed by atoms with Crippen molar-refractivity contribution in [1.29, 1.82) is 10.5 Å². The molecule has 0 bridgehead atoms. The minimum absolute atomic E-state index is 0.116. The van der Waals surface area contributed by atoms with Gasteiger partial charge in [0.25, 0.3) is 0 Å². The Morgan fingerprint density at radius 3 is 2.63 bits per heavy atom. The predicted molar refractivity (Wildman–Crippen MR) is 116 cm³/mol. The lowest BCUT2D eigenvalue weighted by atomic mass is 9.95. The first kappa shape index (κ1) is 21.1.